The van der Waals surface area contributed by atoms with E-state index in [1.54, 1.807) is 0 Å². The van der Waals surface area contributed by atoms with Crippen LogP contribution in [0.25, 0.3) is 32.3 Å². The average Bonchev–Trinajstić information content (AvgIpc) is 3.22. The Morgan fingerprint density at radius 3 is 1.69 bits per heavy atom. The van der Waals surface area contributed by atoms with Crippen molar-refractivity contribution in [2.75, 3.05) is 0 Å². The first-order valence-corrected chi connectivity index (χ1v) is 10.2. The predicted molar refractivity (Wildman–Crippen MR) is 113 cm³/mol. The van der Waals surface area contributed by atoms with Crippen LogP contribution < -0.4 is 0 Å². The van der Waals surface area contributed by atoms with Gasteiger partial charge in [0.1, 0.15) is 0 Å². The topological polar surface area (TPSA) is 0 Å². The SMILES string of the molecule is C[CH]=[Zr+2].Cc1cc2ccccc2[cH-]1.c1ccc2c(c1)[cH-]c1ccccc12. The van der Waals surface area contributed by atoms with Gasteiger partial charge < -0.3 is 0 Å². The summed E-state index contributed by atoms with van der Waals surface area (Å²) in [6.45, 7) is 4.16. The maximum Gasteiger partial charge on any atom is -0.0579 e. The zero-order valence-electron chi connectivity index (χ0n) is 15.2. The van der Waals surface area contributed by atoms with Crippen molar-refractivity contribution < 1.29 is 24.2 Å². The van der Waals surface area contributed by atoms with Gasteiger partial charge in [0.25, 0.3) is 0 Å². The molecule has 0 saturated carbocycles. The number of hydrogen-bond donors (Lipinski definition) is 0. The molecule has 5 aromatic carbocycles. The Bertz CT molecular complexity index is 1040. The third kappa shape index (κ3) is 4.35. The molecule has 0 bridgehead atoms. The average molecular weight is 414 g/mol. The molecule has 0 fully saturated rings. The van der Waals surface area contributed by atoms with Crippen molar-refractivity contribution in [3.8, 4) is 0 Å². The van der Waals surface area contributed by atoms with Gasteiger partial charge in [-0.15, -0.1) is 80.3 Å². The molecular formula is C25H22Zr. The molecule has 0 unspecified atom stereocenters. The molecule has 0 heterocycles. The van der Waals surface area contributed by atoms with E-state index >= 15 is 0 Å². The smallest absolute Gasteiger partial charge is 0.0579 e. The first-order valence-electron chi connectivity index (χ1n) is 8.83. The quantitative estimate of drug-likeness (QED) is 0.241. The van der Waals surface area contributed by atoms with Gasteiger partial charge in [-0.2, -0.15) is 6.07 Å². The van der Waals surface area contributed by atoms with E-state index < -0.39 is 0 Å². The van der Waals surface area contributed by atoms with Gasteiger partial charge in [0.2, 0.25) is 0 Å². The second kappa shape index (κ2) is 9.01. The normalized spacial score (nSPS) is 10.2. The van der Waals surface area contributed by atoms with Crippen molar-refractivity contribution in [2.24, 2.45) is 0 Å². The van der Waals surface area contributed by atoms with Crippen LogP contribution in [0, 0.1) is 6.92 Å². The van der Waals surface area contributed by atoms with Gasteiger partial charge in [-0.05, 0) is 0 Å². The van der Waals surface area contributed by atoms with Crippen LogP contribution >= 0.6 is 0 Å². The predicted octanol–water partition coefficient (Wildman–Crippen LogP) is 6.93. The number of hydrogen-bond acceptors (Lipinski definition) is 0. The monoisotopic (exact) mass is 412 g/mol. The fourth-order valence-corrected chi connectivity index (χ4v) is 3.21. The summed E-state index contributed by atoms with van der Waals surface area (Å²) in [6, 6.07) is 32.1. The number of aryl methyl sites for hydroxylation is 1. The molecule has 0 radical (unpaired) electrons. The van der Waals surface area contributed by atoms with Crippen LogP contribution in [0.2, 0.25) is 0 Å². The third-order valence-electron chi connectivity index (χ3n) is 4.29. The summed E-state index contributed by atoms with van der Waals surface area (Å²) in [5.41, 5.74) is 1.35. The van der Waals surface area contributed by atoms with Gasteiger partial charge in [0.15, 0.2) is 0 Å². The Morgan fingerprint density at radius 2 is 1.15 bits per heavy atom. The summed E-state index contributed by atoms with van der Waals surface area (Å²) in [4.78, 5) is 0. The number of rotatable bonds is 0. The van der Waals surface area contributed by atoms with Crippen molar-refractivity contribution in [1.82, 2.24) is 0 Å². The fourth-order valence-electron chi connectivity index (χ4n) is 3.21. The van der Waals surface area contributed by atoms with Crippen LogP contribution in [-0.4, -0.2) is 3.71 Å². The molecule has 0 aliphatic heterocycles. The summed E-state index contributed by atoms with van der Waals surface area (Å²) >= 11 is 1.51. The zero-order chi connectivity index (χ0) is 18.4. The summed E-state index contributed by atoms with van der Waals surface area (Å²) in [5, 5.41) is 8.09. The van der Waals surface area contributed by atoms with Crippen molar-refractivity contribution in [3.05, 3.63) is 96.6 Å². The van der Waals surface area contributed by atoms with E-state index in [4.69, 9.17) is 0 Å². The van der Waals surface area contributed by atoms with Gasteiger partial charge in [0.05, 0.1) is 0 Å². The van der Waals surface area contributed by atoms with E-state index in [1.165, 1.54) is 62.1 Å². The van der Waals surface area contributed by atoms with Crippen LogP contribution in [0.4, 0.5) is 0 Å². The van der Waals surface area contributed by atoms with Crippen LogP contribution in [0.15, 0.2) is 91.0 Å². The molecule has 5 rings (SSSR count). The first kappa shape index (κ1) is 18.7. The fraction of sp³-hybridized carbons (Fsp3) is 0.0800. The molecule has 0 aliphatic rings. The van der Waals surface area contributed by atoms with Gasteiger partial charge >= 0.3 is 34.9 Å². The Balaban J connectivity index is 0.000000135. The molecule has 0 amide bonds. The zero-order valence-corrected chi connectivity index (χ0v) is 17.7. The molecule has 0 saturated heterocycles. The van der Waals surface area contributed by atoms with Crippen LogP contribution in [0.1, 0.15) is 12.5 Å². The largest absolute Gasteiger partial charge is 0.165 e. The third-order valence-corrected chi connectivity index (χ3v) is 4.29. The maximum absolute atomic E-state index is 2.24. The Hall–Kier alpha value is -2.11. The minimum Gasteiger partial charge on any atom is -0.165 e. The number of fused-ring (bicyclic) bond motifs is 4. The molecule has 126 valence electrons. The Morgan fingerprint density at radius 1 is 0.692 bits per heavy atom. The van der Waals surface area contributed by atoms with E-state index in [1.807, 2.05) is 6.92 Å². The minimum atomic E-state index is 1.34. The van der Waals surface area contributed by atoms with Crippen molar-refractivity contribution in [3.63, 3.8) is 0 Å². The van der Waals surface area contributed by atoms with Gasteiger partial charge in [-0.3, -0.25) is 0 Å². The minimum absolute atomic E-state index is 1.34. The molecule has 0 spiro atoms. The van der Waals surface area contributed by atoms with Crippen LogP contribution in [0.5, 0.6) is 0 Å². The molecule has 0 aliphatic carbocycles. The second-order valence-electron chi connectivity index (χ2n) is 6.27. The van der Waals surface area contributed by atoms with E-state index in [2.05, 4.69) is 102 Å². The van der Waals surface area contributed by atoms with Crippen LogP contribution in [-0.2, 0) is 24.2 Å². The molecule has 0 nitrogen and oxygen atoms in total. The van der Waals surface area contributed by atoms with Crippen molar-refractivity contribution in [1.29, 1.82) is 0 Å². The Labute approximate surface area is 170 Å². The Kier molecular flexibility index (Phi) is 6.47. The molecule has 5 aromatic rings. The summed E-state index contributed by atoms with van der Waals surface area (Å²) in [5.74, 6) is 0. The van der Waals surface area contributed by atoms with E-state index in [9.17, 15) is 0 Å². The summed E-state index contributed by atoms with van der Waals surface area (Å²) in [6.07, 6.45) is 0. The van der Waals surface area contributed by atoms with Crippen molar-refractivity contribution >= 4 is 36.0 Å². The van der Waals surface area contributed by atoms with Crippen LogP contribution in [0.3, 0.4) is 0 Å². The number of benzene rings is 3. The molecular weight excluding hydrogens is 391 g/mol. The van der Waals surface area contributed by atoms with E-state index in [-0.39, 0.29) is 0 Å². The first-order chi connectivity index (χ1) is 12.7. The van der Waals surface area contributed by atoms with Crippen molar-refractivity contribution in [2.45, 2.75) is 13.8 Å². The summed E-state index contributed by atoms with van der Waals surface area (Å²) < 4.78 is 2.09. The molecule has 0 N–H and O–H groups in total. The van der Waals surface area contributed by atoms with Gasteiger partial charge in [0, 0.05) is 0 Å². The molecule has 0 atom stereocenters. The second-order valence-corrected chi connectivity index (χ2v) is 7.69. The molecule has 0 aromatic heterocycles. The summed E-state index contributed by atoms with van der Waals surface area (Å²) in [7, 11) is 0. The maximum atomic E-state index is 2.24. The van der Waals surface area contributed by atoms with Gasteiger partial charge in [-0.1, -0.05) is 49.4 Å². The standard InChI is InChI=1S/C13H9.C10H9.C2H4.Zr/c1-3-7-12-10(5-1)9-11-6-2-4-8-13(11)12;1-8-6-9-4-2-3-5-10(9)7-8;1-2;/h1-9H;2-7H,1H3;1H,2H3;/q2*-1;;+2. The van der Waals surface area contributed by atoms with E-state index in [0.29, 0.717) is 0 Å². The van der Waals surface area contributed by atoms with E-state index in [0.717, 1.165) is 0 Å². The molecule has 26 heavy (non-hydrogen) atoms. The van der Waals surface area contributed by atoms with Gasteiger partial charge in [-0.25, -0.2) is 0 Å². The molecule has 1 heteroatoms.